The highest BCUT2D eigenvalue weighted by Gasteiger charge is 2.19. The molecule has 2 aromatic rings. The molecule has 3 rings (SSSR count). The Morgan fingerprint density at radius 3 is 2.57 bits per heavy atom. The van der Waals surface area contributed by atoms with Gasteiger partial charge in [0.25, 0.3) is 5.91 Å². The predicted molar refractivity (Wildman–Crippen MR) is 115 cm³/mol. The summed E-state index contributed by atoms with van der Waals surface area (Å²) < 4.78 is 5.47. The number of ether oxygens (including phenoxy) is 1. The number of hydrogen-bond acceptors (Lipinski definition) is 3. The average molecular weight is 379 g/mol. The Balaban J connectivity index is 1.65. The van der Waals surface area contributed by atoms with Crippen molar-refractivity contribution in [1.82, 2.24) is 4.90 Å². The number of carbonyl (C=O) groups is 1. The second-order valence-electron chi connectivity index (χ2n) is 7.44. The molecule has 28 heavy (non-hydrogen) atoms. The van der Waals surface area contributed by atoms with Gasteiger partial charge in [0.15, 0.2) is 0 Å². The fraction of sp³-hybridized carbons (Fsp3) is 0.375. The first kappa shape index (κ1) is 20.2. The summed E-state index contributed by atoms with van der Waals surface area (Å²) in [6.07, 6.45) is 8.23. The standard InChI is InChI=1S/C24H30N2O2/c1-3-17-28-22-15-13-19(14-16-22)24(27)25-23-12-8-7-9-20(23)18-26(2)21-10-5-4-6-11-21/h3,7-9,12-16,21H,1,4-6,10-11,17-18H2,2H3,(H,25,27). The molecule has 1 saturated carbocycles. The molecule has 0 heterocycles. The molecule has 2 aromatic carbocycles. The first-order valence-electron chi connectivity index (χ1n) is 10.1. The lowest BCUT2D eigenvalue weighted by molar-refractivity contribution is 0.102. The van der Waals surface area contributed by atoms with Crippen LogP contribution in [-0.4, -0.2) is 30.5 Å². The van der Waals surface area contributed by atoms with Crippen molar-refractivity contribution in [3.05, 3.63) is 72.3 Å². The van der Waals surface area contributed by atoms with Crippen molar-refractivity contribution in [2.24, 2.45) is 0 Å². The third-order valence-electron chi connectivity index (χ3n) is 5.37. The molecule has 4 nitrogen and oxygen atoms in total. The third kappa shape index (κ3) is 5.46. The molecule has 1 aliphatic carbocycles. The summed E-state index contributed by atoms with van der Waals surface area (Å²) >= 11 is 0. The van der Waals surface area contributed by atoms with Gasteiger partial charge in [0, 0.05) is 23.8 Å². The van der Waals surface area contributed by atoms with Crippen LogP contribution >= 0.6 is 0 Å². The van der Waals surface area contributed by atoms with Crippen LogP contribution in [0.3, 0.4) is 0 Å². The van der Waals surface area contributed by atoms with Crippen molar-refractivity contribution < 1.29 is 9.53 Å². The molecular formula is C24H30N2O2. The zero-order valence-electron chi connectivity index (χ0n) is 16.7. The number of anilines is 1. The van der Waals surface area contributed by atoms with Gasteiger partial charge in [0.1, 0.15) is 12.4 Å². The van der Waals surface area contributed by atoms with E-state index < -0.39 is 0 Å². The molecule has 0 spiro atoms. The number of rotatable bonds is 8. The highest BCUT2D eigenvalue weighted by Crippen LogP contribution is 2.25. The highest BCUT2D eigenvalue weighted by molar-refractivity contribution is 6.04. The van der Waals surface area contributed by atoms with E-state index in [-0.39, 0.29) is 5.91 Å². The van der Waals surface area contributed by atoms with Gasteiger partial charge < -0.3 is 10.1 Å². The summed E-state index contributed by atoms with van der Waals surface area (Å²) in [6.45, 7) is 4.93. The molecule has 0 atom stereocenters. The number of amides is 1. The minimum atomic E-state index is -0.108. The van der Waals surface area contributed by atoms with E-state index in [9.17, 15) is 4.79 Å². The number of carbonyl (C=O) groups excluding carboxylic acids is 1. The lowest BCUT2D eigenvalue weighted by Gasteiger charge is -2.31. The van der Waals surface area contributed by atoms with E-state index in [0.29, 0.717) is 18.2 Å². The van der Waals surface area contributed by atoms with Gasteiger partial charge >= 0.3 is 0 Å². The fourth-order valence-corrected chi connectivity index (χ4v) is 3.75. The van der Waals surface area contributed by atoms with Crippen LogP contribution in [0.25, 0.3) is 0 Å². The summed E-state index contributed by atoms with van der Waals surface area (Å²) in [7, 11) is 2.19. The van der Waals surface area contributed by atoms with Crippen LogP contribution in [0.15, 0.2) is 61.2 Å². The normalized spacial score (nSPS) is 14.6. The summed E-state index contributed by atoms with van der Waals surface area (Å²) in [5, 5.41) is 3.08. The van der Waals surface area contributed by atoms with E-state index in [4.69, 9.17) is 4.74 Å². The van der Waals surface area contributed by atoms with Crippen LogP contribution in [0.5, 0.6) is 5.75 Å². The Kier molecular flexibility index (Phi) is 7.26. The molecule has 0 radical (unpaired) electrons. The molecule has 0 aliphatic heterocycles. The van der Waals surface area contributed by atoms with E-state index in [1.54, 1.807) is 30.3 Å². The third-order valence-corrected chi connectivity index (χ3v) is 5.37. The van der Waals surface area contributed by atoms with Crippen LogP contribution in [0.2, 0.25) is 0 Å². The summed E-state index contributed by atoms with van der Waals surface area (Å²) in [5.41, 5.74) is 2.64. The highest BCUT2D eigenvalue weighted by atomic mass is 16.5. The van der Waals surface area contributed by atoms with Crippen molar-refractivity contribution in [2.75, 3.05) is 19.0 Å². The van der Waals surface area contributed by atoms with Crippen LogP contribution in [0.4, 0.5) is 5.69 Å². The second-order valence-corrected chi connectivity index (χ2v) is 7.44. The first-order valence-corrected chi connectivity index (χ1v) is 10.1. The van der Waals surface area contributed by atoms with Crippen molar-refractivity contribution in [2.45, 2.75) is 44.7 Å². The summed E-state index contributed by atoms with van der Waals surface area (Å²) in [5.74, 6) is 0.619. The fourth-order valence-electron chi connectivity index (χ4n) is 3.75. The Bertz CT molecular complexity index is 779. The molecular weight excluding hydrogens is 348 g/mol. The largest absolute Gasteiger partial charge is 0.490 e. The Morgan fingerprint density at radius 1 is 1.14 bits per heavy atom. The van der Waals surface area contributed by atoms with Gasteiger partial charge in [0.2, 0.25) is 0 Å². The second kappa shape index (κ2) is 10.1. The van der Waals surface area contributed by atoms with Gasteiger partial charge in [-0.15, -0.1) is 0 Å². The van der Waals surface area contributed by atoms with Gasteiger partial charge in [-0.3, -0.25) is 9.69 Å². The van der Waals surface area contributed by atoms with Crippen LogP contribution in [0.1, 0.15) is 48.0 Å². The molecule has 148 valence electrons. The zero-order valence-corrected chi connectivity index (χ0v) is 16.7. The van der Waals surface area contributed by atoms with Crippen molar-refractivity contribution >= 4 is 11.6 Å². The molecule has 0 bridgehead atoms. The van der Waals surface area contributed by atoms with Crippen LogP contribution in [0, 0.1) is 0 Å². The average Bonchev–Trinajstić information content (AvgIpc) is 2.74. The smallest absolute Gasteiger partial charge is 0.255 e. The maximum atomic E-state index is 12.7. The SMILES string of the molecule is C=CCOc1ccc(C(=O)Nc2ccccc2CN(C)C2CCCCC2)cc1. The quantitative estimate of drug-likeness (QED) is 0.636. The molecule has 0 saturated heterocycles. The van der Waals surface area contributed by atoms with Crippen LogP contribution in [-0.2, 0) is 6.54 Å². The molecule has 0 unspecified atom stereocenters. The van der Waals surface area contributed by atoms with Gasteiger partial charge in [-0.1, -0.05) is 50.1 Å². The molecule has 1 fully saturated rings. The Labute approximate surface area is 168 Å². The predicted octanol–water partition coefficient (Wildman–Crippen LogP) is 5.27. The van der Waals surface area contributed by atoms with Gasteiger partial charge in [0.05, 0.1) is 0 Å². The zero-order chi connectivity index (χ0) is 19.8. The molecule has 1 N–H and O–H groups in total. The van der Waals surface area contributed by atoms with E-state index >= 15 is 0 Å². The number of benzene rings is 2. The minimum absolute atomic E-state index is 0.108. The van der Waals surface area contributed by atoms with E-state index in [0.717, 1.165) is 23.5 Å². The van der Waals surface area contributed by atoms with E-state index in [2.05, 4.69) is 29.9 Å². The molecule has 1 amide bonds. The molecule has 4 heteroatoms. The topological polar surface area (TPSA) is 41.6 Å². The van der Waals surface area contributed by atoms with Crippen LogP contribution < -0.4 is 10.1 Å². The number of nitrogens with zero attached hydrogens (tertiary/aromatic N) is 1. The van der Waals surface area contributed by atoms with E-state index in [1.807, 2.05) is 18.2 Å². The van der Waals surface area contributed by atoms with Crippen molar-refractivity contribution in [3.63, 3.8) is 0 Å². The van der Waals surface area contributed by atoms with Gasteiger partial charge in [-0.25, -0.2) is 0 Å². The van der Waals surface area contributed by atoms with Gasteiger partial charge in [-0.05, 0) is 55.8 Å². The van der Waals surface area contributed by atoms with Crippen molar-refractivity contribution in [3.8, 4) is 5.75 Å². The summed E-state index contributed by atoms with van der Waals surface area (Å²) in [6, 6.07) is 15.9. The number of hydrogen-bond donors (Lipinski definition) is 1. The Morgan fingerprint density at radius 2 is 1.86 bits per heavy atom. The minimum Gasteiger partial charge on any atom is -0.490 e. The monoisotopic (exact) mass is 378 g/mol. The van der Waals surface area contributed by atoms with Gasteiger partial charge in [-0.2, -0.15) is 0 Å². The Hall–Kier alpha value is -2.59. The maximum Gasteiger partial charge on any atom is 0.255 e. The molecule has 1 aliphatic rings. The number of para-hydroxylation sites is 1. The maximum absolute atomic E-state index is 12.7. The first-order chi connectivity index (χ1) is 13.7. The van der Waals surface area contributed by atoms with Crippen molar-refractivity contribution in [1.29, 1.82) is 0 Å². The summed E-state index contributed by atoms with van der Waals surface area (Å²) in [4.78, 5) is 15.1. The molecule has 0 aromatic heterocycles. The van der Waals surface area contributed by atoms with E-state index in [1.165, 1.54) is 32.1 Å². The lowest BCUT2D eigenvalue weighted by atomic mass is 9.94. The number of nitrogens with one attached hydrogen (secondary N) is 1. The lowest BCUT2D eigenvalue weighted by Crippen LogP contribution is -2.33.